The Kier molecular flexibility index (Phi) is 6.72. The van der Waals surface area contributed by atoms with Crippen LogP contribution in [0.5, 0.6) is 5.75 Å². The molecule has 4 nitrogen and oxygen atoms in total. The van der Waals surface area contributed by atoms with Gasteiger partial charge in [0.15, 0.2) is 0 Å². The second-order valence-electron chi connectivity index (χ2n) is 6.21. The normalized spacial score (nSPS) is 11.0. The maximum atomic E-state index is 12.3. The highest BCUT2D eigenvalue weighted by atomic mass is 32.1. The summed E-state index contributed by atoms with van der Waals surface area (Å²) in [6.07, 6.45) is 7.42. The quantitative estimate of drug-likeness (QED) is 0.420. The number of hydrogen-bond acceptors (Lipinski definition) is 5. The number of pyridine rings is 1. The van der Waals surface area contributed by atoms with Crippen molar-refractivity contribution in [1.82, 2.24) is 4.98 Å². The molecule has 0 spiro atoms. The van der Waals surface area contributed by atoms with Crippen molar-refractivity contribution in [1.29, 1.82) is 0 Å². The van der Waals surface area contributed by atoms with E-state index < -0.39 is 5.63 Å². The topological polar surface area (TPSA) is 52.3 Å². The molecule has 0 N–H and O–H groups in total. The number of ether oxygens (including phenoxy) is 1. The molecule has 0 saturated heterocycles. The summed E-state index contributed by atoms with van der Waals surface area (Å²) in [5.74, 6) is 1.73. The fraction of sp³-hybridized carbons (Fsp3) is 0.333. The zero-order valence-electron chi connectivity index (χ0n) is 14.7. The summed E-state index contributed by atoms with van der Waals surface area (Å²) in [7, 11) is 0. The predicted molar refractivity (Wildman–Crippen MR) is 108 cm³/mol. The van der Waals surface area contributed by atoms with Crippen LogP contribution in [0.3, 0.4) is 0 Å². The number of thiol groups is 1. The molecule has 0 atom stereocenters. The smallest absolute Gasteiger partial charge is 0.345 e. The van der Waals surface area contributed by atoms with Gasteiger partial charge in [-0.1, -0.05) is 31.4 Å². The number of nitrogens with zero attached hydrogens (tertiary/aromatic N) is 1. The van der Waals surface area contributed by atoms with Crippen molar-refractivity contribution in [2.45, 2.75) is 32.1 Å². The highest BCUT2D eigenvalue weighted by Crippen LogP contribution is 2.24. The largest absolute Gasteiger partial charge is 0.494 e. The van der Waals surface area contributed by atoms with E-state index in [4.69, 9.17) is 9.15 Å². The van der Waals surface area contributed by atoms with E-state index in [1.165, 1.54) is 19.3 Å². The van der Waals surface area contributed by atoms with E-state index in [-0.39, 0.29) is 0 Å². The average Bonchev–Trinajstić information content (AvgIpc) is 2.67. The van der Waals surface area contributed by atoms with Gasteiger partial charge in [-0.15, -0.1) is 0 Å². The van der Waals surface area contributed by atoms with Gasteiger partial charge in [-0.2, -0.15) is 12.6 Å². The van der Waals surface area contributed by atoms with Crippen molar-refractivity contribution < 1.29 is 9.15 Å². The Balaban J connectivity index is 1.66. The van der Waals surface area contributed by atoms with Gasteiger partial charge in [-0.3, -0.25) is 0 Å². The van der Waals surface area contributed by atoms with Gasteiger partial charge in [0.25, 0.3) is 0 Å². The lowest BCUT2D eigenvalue weighted by atomic mass is 10.1. The molecule has 26 heavy (non-hydrogen) atoms. The van der Waals surface area contributed by atoms with E-state index in [9.17, 15) is 4.79 Å². The number of fused-ring (bicyclic) bond motifs is 1. The van der Waals surface area contributed by atoms with Crippen LogP contribution in [0, 0.1) is 0 Å². The van der Waals surface area contributed by atoms with Crippen LogP contribution in [-0.2, 0) is 0 Å². The molecule has 0 bridgehead atoms. The maximum Gasteiger partial charge on any atom is 0.345 e. The Morgan fingerprint density at radius 3 is 2.73 bits per heavy atom. The maximum absolute atomic E-state index is 12.3. The molecule has 5 heteroatoms. The Morgan fingerprint density at radius 1 is 1.00 bits per heavy atom. The van der Waals surface area contributed by atoms with Crippen LogP contribution in [0.25, 0.3) is 22.2 Å². The zero-order chi connectivity index (χ0) is 18.2. The molecule has 0 saturated carbocycles. The van der Waals surface area contributed by atoms with Crippen LogP contribution < -0.4 is 10.4 Å². The minimum atomic E-state index is -0.391. The summed E-state index contributed by atoms with van der Waals surface area (Å²) in [5.41, 5.74) is 1.27. The van der Waals surface area contributed by atoms with Gasteiger partial charge in [-0.05, 0) is 54.5 Å². The monoisotopic (exact) mass is 369 g/mol. The highest BCUT2D eigenvalue weighted by Gasteiger charge is 2.09. The fourth-order valence-corrected chi connectivity index (χ4v) is 3.07. The first-order valence-corrected chi connectivity index (χ1v) is 9.64. The van der Waals surface area contributed by atoms with Crippen LogP contribution >= 0.6 is 12.6 Å². The standard InChI is InChI=1S/C21H23NO3S/c23-21-19(15-17-9-7-11-22-20(17)25-21)16-8-6-10-18(14-16)24-12-4-2-1-3-5-13-26/h6-11,14-15,26H,1-5,12-13H2. The van der Waals surface area contributed by atoms with Crippen LogP contribution in [0.4, 0.5) is 0 Å². The van der Waals surface area contributed by atoms with E-state index >= 15 is 0 Å². The van der Waals surface area contributed by atoms with Crippen molar-refractivity contribution in [3.05, 3.63) is 59.1 Å². The summed E-state index contributed by atoms with van der Waals surface area (Å²) in [6, 6.07) is 13.1. The Bertz CT molecular complexity index is 907. The second kappa shape index (κ2) is 9.43. The van der Waals surface area contributed by atoms with E-state index in [1.54, 1.807) is 6.20 Å². The summed E-state index contributed by atoms with van der Waals surface area (Å²) in [5, 5.41) is 0.801. The lowest BCUT2D eigenvalue weighted by Gasteiger charge is -2.08. The molecule has 2 heterocycles. The summed E-state index contributed by atoms with van der Waals surface area (Å²) in [4.78, 5) is 16.4. The first-order valence-electron chi connectivity index (χ1n) is 9.01. The number of benzene rings is 1. The van der Waals surface area contributed by atoms with Gasteiger partial charge in [0, 0.05) is 11.6 Å². The Hall–Kier alpha value is -2.27. The molecule has 136 valence electrons. The summed E-state index contributed by atoms with van der Waals surface area (Å²) >= 11 is 4.22. The van der Waals surface area contributed by atoms with Crippen molar-refractivity contribution in [3.8, 4) is 16.9 Å². The SMILES string of the molecule is O=c1oc2ncccc2cc1-c1cccc(OCCCCCCCS)c1. The predicted octanol–water partition coefficient (Wildman–Crippen LogP) is 5.11. The van der Waals surface area contributed by atoms with Crippen LogP contribution in [-0.4, -0.2) is 17.3 Å². The molecular weight excluding hydrogens is 346 g/mol. The van der Waals surface area contributed by atoms with Gasteiger partial charge in [0.2, 0.25) is 5.71 Å². The van der Waals surface area contributed by atoms with Crippen molar-refractivity contribution in [3.63, 3.8) is 0 Å². The molecule has 0 aliphatic rings. The van der Waals surface area contributed by atoms with Crippen molar-refractivity contribution in [2.24, 2.45) is 0 Å². The van der Waals surface area contributed by atoms with E-state index in [0.717, 1.165) is 35.3 Å². The van der Waals surface area contributed by atoms with E-state index in [2.05, 4.69) is 17.6 Å². The highest BCUT2D eigenvalue weighted by molar-refractivity contribution is 7.80. The number of rotatable bonds is 9. The Labute approximate surface area is 158 Å². The van der Waals surface area contributed by atoms with Gasteiger partial charge < -0.3 is 9.15 Å². The molecule has 3 aromatic rings. The third-order valence-electron chi connectivity index (χ3n) is 4.23. The van der Waals surface area contributed by atoms with Gasteiger partial charge >= 0.3 is 5.63 Å². The first-order chi connectivity index (χ1) is 12.8. The molecule has 0 aliphatic carbocycles. The molecular formula is C21H23NO3S. The van der Waals surface area contributed by atoms with Gasteiger partial charge in [0.05, 0.1) is 12.2 Å². The number of hydrogen-bond donors (Lipinski definition) is 1. The van der Waals surface area contributed by atoms with Gasteiger partial charge in [-0.25, -0.2) is 9.78 Å². The average molecular weight is 369 g/mol. The fourth-order valence-electron chi connectivity index (χ4n) is 2.84. The summed E-state index contributed by atoms with van der Waals surface area (Å²) in [6.45, 7) is 0.681. The number of unbranched alkanes of at least 4 members (excludes halogenated alkanes) is 4. The van der Waals surface area contributed by atoms with Crippen LogP contribution in [0.1, 0.15) is 32.1 Å². The summed E-state index contributed by atoms with van der Waals surface area (Å²) < 4.78 is 11.2. The molecule has 0 unspecified atom stereocenters. The molecule has 0 fully saturated rings. The van der Waals surface area contributed by atoms with E-state index in [0.29, 0.717) is 17.9 Å². The van der Waals surface area contributed by atoms with Crippen molar-refractivity contribution in [2.75, 3.05) is 12.4 Å². The third-order valence-corrected chi connectivity index (χ3v) is 4.54. The van der Waals surface area contributed by atoms with Crippen LogP contribution in [0.15, 0.2) is 57.9 Å². The van der Waals surface area contributed by atoms with E-state index in [1.807, 2.05) is 42.5 Å². The molecule has 3 rings (SSSR count). The molecule has 1 aromatic carbocycles. The minimum Gasteiger partial charge on any atom is -0.494 e. The molecule has 0 aliphatic heterocycles. The molecule has 2 aromatic heterocycles. The molecule has 0 amide bonds. The second-order valence-corrected chi connectivity index (χ2v) is 6.66. The van der Waals surface area contributed by atoms with Gasteiger partial charge in [0.1, 0.15) is 5.75 Å². The number of aromatic nitrogens is 1. The molecule has 0 radical (unpaired) electrons. The first kappa shape index (κ1) is 18.5. The minimum absolute atomic E-state index is 0.353. The Morgan fingerprint density at radius 2 is 1.85 bits per heavy atom. The van der Waals surface area contributed by atoms with Crippen LogP contribution in [0.2, 0.25) is 0 Å². The zero-order valence-corrected chi connectivity index (χ0v) is 15.6. The third kappa shape index (κ3) is 4.88. The lowest BCUT2D eigenvalue weighted by molar-refractivity contribution is 0.304. The van der Waals surface area contributed by atoms with Crippen molar-refractivity contribution >= 4 is 23.7 Å². The lowest BCUT2D eigenvalue weighted by Crippen LogP contribution is -2.03.